The molecule has 0 fully saturated rings. The molecule has 0 saturated carbocycles. The molecule has 22 heavy (non-hydrogen) atoms. The third kappa shape index (κ3) is 5.91. The Kier molecular flexibility index (Phi) is 9.99. The molecule has 0 amide bonds. The lowest BCUT2D eigenvalue weighted by atomic mass is 10.3. The Morgan fingerprint density at radius 1 is 1.59 bits per heavy atom. The summed E-state index contributed by atoms with van der Waals surface area (Å²) in [5.41, 5.74) is 0.691. The largest absolute Gasteiger partial charge is 0.462 e. The van der Waals surface area contributed by atoms with Crippen LogP contribution < -0.4 is 10.6 Å². The van der Waals surface area contributed by atoms with Crippen molar-refractivity contribution in [3.05, 3.63) is 28.2 Å². The van der Waals surface area contributed by atoms with Crippen LogP contribution >= 0.6 is 35.3 Å². The second-order valence-electron chi connectivity index (χ2n) is 4.29. The smallest absolute Gasteiger partial charge is 0.350 e. The van der Waals surface area contributed by atoms with Gasteiger partial charge in [0.1, 0.15) is 9.88 Å². The van der Waals surface area contributed by atoms with Crippen LogP contribution in [-0.4, -0.2) is 37.1 Å². The quantitative estimate of drug-likeness (QED) is 0.235. The van der Waals surface area contributed by atoms with Crippen molar-refractivity contribution in [2.45, 2.75) is 26.8 Å². The Bertz CT molecular complexity index is 531. The SMILES string of the molecule is C=CCNC(=NC)NC(C)c1nc(C)c(C(=O)OCC)s1.I. The molecule has 0 aromatic carbocycles. The van der Waals surface area contributed by atoms with E-state index in [1.54, 1.807) is 20.0 Å². The van der Waals surface area contributed by atoms with Crippen LogP contribution in [0.5, 0.6) is 0 Å². The van der Waals surface area contributed by atoms with Crippen molar-refractivity contribution in [3.63, 3.8) is 0 Å². The molecule has 1 unspecified atom stereocenters. The topological polar surface area (TPSA) is 75.6 Å². The van der Waals surface area contributed by atoms with Crippen LogP contribution in [0, 0.1) is 6.92 Å². The average molecular weight is 438 g/mol. The van der Waals surface area contributed by atoms with Gasteiger partial charge in [-0.05, 0) is 20.8 Å². The number of rotatable bonds is 6. The number of ether oxygens (including phenoxy) is 1. The monoisotopic (exact) mass is 438 g/mol. The summed E-state index contributed by atoms with van der Waals surface area (Å²) in [6.07, 6.45) is 1.75. The number of guanidine groups is 1. The minimum atomic E-state index is -0.319. The zero-order chi connectivity index (χ0) is 15.8. The predicted molar refractivity (Wildman–Crippen MR) is 101 cm³/mol. The lowest BCUT2D eigenvalue weighted by molar-refractivity contribution is 0.0531. The number of hydrogen-bond donors (Lipinski definition) is 2. The predicted octanol–water partition coefficient (Wildman–Crippen LogP) is 2.66. The summed E-state index contributed by atoms with van der Waals surface area (Å²) in [5.74, 6) is 0.341. The molecule has 0 saturated heterocycles. The molecule has 0 aliphatic rings. The molecule has 8 heteroatoms. The first kappa shape index (κ1) is 20.8. The van der Waals surface area contributed by atoms with Crippen LogP contribution in [0.25, 0.3) is 0 Å². The van der Waals surface area contributed by atoms with E-state index in [0.29, 0.717) is 29.7 Å². The van der Waals surface area contributed by atoms with Gasteiger partial charge in [0.05, 0.1) is 18.3 Å². The number of halogens is 1. The number of carbonyl (C=O) groups is 1. The van der Waals surface area contributed by atoms with E-state index in [1.807, 2.05) is 13.8 Å². The highest BCUT2D eigenvalue weighted by Gasteiger charge is 2.19. The number of carbonyl (C=O) groups excluding carboxylic acids is 1. The van der Waals surface area contributed by atoms with Gasteiger partial charge in [-0.2, -0.15) is 0 Å². The maximum atomic E-state index is 11.8. The van der Waals surface area contributed by atoms with E-state index in [1.165, 1.54) is 11.3 Å². The van der Waals surface area contributed by atoms with E-state index in [4.69, 9.17) is 4.74 Å². The van der Waals surface area contributed by atoms with Crippen LogP contribution in [0.3, 0.4) is 0 Å². The number of thiazole rings is 1. The minimum Gasteiger partial charge on any atom is -0.462 e. The molecule has 1 rings (SSSR count). The Labute approximate surface area is 152 Å². The molecule has 1 atom stereocenters. The molecular formula is C14H23IN4O2S. The molecule has 0 bridgehead atoms. The Morgan fingerprint density at radius 3 is 2.82 bits per heavy atom. The summed E-state index contributed by atoms with van der Waals surface area (Å²) in [6, 6.07) is -0.0621. The van der Waals surface area contributed by atoms with Gasteiger partial charge in [-0.1, -0.05) is 6.08 Å². The van der Waals surface area contributed by atoms with E-state index in [9.17, 15) is 4.79 Å². The molecular weight excluding hydrogens is 415 g/mol. The fourth-order valence-corrected chi connectivity index (χ4v) is 2.58. The van der Waals surface area contributed by atoms with Crippen molar-refractivity contribution in [2.75, 3.05) is 20.2 Å². The maximum Gasteiger partial charge on any atom is 0.350 e. The number of esters is 1. The van der Waals surface area contributed by atoms with Crippen LogP contribution in [0.4, 0.5) is 0 Å². The highest BCUT2D eigenvalue weighted by molar-refractivity contribution is 14.0. The van der Waals surface area contributed by atoms with Gasteiger partial charge in [0.2, 0.25) is 0 Å². The lowest BCUT2D eigenvalue weighted by Gasteiger charge is -2.15. The molecule has 2 N–H and O–H groups in total. The van der Waals surface area contributed by atoms with Crippen molar-refractivity contribution in [1.82, 2.24) is 15.6 Å². The fourth-order valence-electron chi connectivity index (χ4n) is 1.62. The van der Waals surface area contributed by atoms with Gasteiger partial charge in [0.15, 0.2) is 5.96 Å². The van der Waals surface area contributed by atoms with E-state index in [2.05, 4.69) is 27.2 Å². The first-order valence-corrected chi connectivity index (χ1v) is 7.57. The summed E-state index contributed by atoms with van der Waals surface area (Å²) in [6.45, 7) is 10.2. The van der Waals surface area contributed by atoms with Crippen molar-refractivity contribution in [1.29, 1.82) is 0 Å². The third-order valence-corrected chi connectivity index (χ3v) is 3.96. The minimum absolute atomic E-state index is 0. The molecule has 6 nitrogen and oxygen atoms in total. The van der Waals surface area contributed by atoms with Crippen LogP contribution in [0.15, 0.2) is 17.6 Å². The van der Waals surface area contributed by atoms with Gasteiger partial charge in [0, 0.05) is 13.6 Å². The summed E-state index contributed by atoms with van der Waals surface area (Å²) in [5, 5.41) is 7.12. The average Bonchev–Trinajstić information content (AvgIpc) is 2.85. The number of hydrogen-bond acceptors (Lipinski definition) is 5. The molecule has 0 radical (unpaired) electrons. The van der Waals surface area contributed by atoms with E-state index < -0.39 is 0 Å². The Balaban J connectivity index is 0.00000441. The first-order valence-electron chi connectivity index (χ1n) is 6.76. The highest BCUT2D eigenvalue weighted by Crippen LogP contribution is 2.24. The van der Waals surface area contributed by atoms with Gasteiger partial charge >= 0.3 is 5.97 Å². The molecule has 0 spiro atoms. The van der Waals surface area contributed by atoms with Gasteiger partial charge in [-0.25, -0.2) is 9.78 Å². The molecule has 1 heterocycles. The summed E-state index contributed by atoms with van der Waals surface area (Å²) >= 11 is 1.34. The van der Waals surface area contributed by atoms with E-state index in [0.717, 1.165) is 5.01 Å². The lowest BCUT2D eigenvalue weighted by Crippen LogP contribution is -2.38. The number of aromatic nitrogens is 1. The van der Waals surface area contributed by atoms with E-state index >= 15 is 0 Å². The first-order chi connectivity index (χ1) is 10.0. The zero-order valence-electron chi connectivity index (χ0n) is 13.3. The van der Waals surface area contributed by atoms with Crippen molar-refractivity contribution >= 4 is 47.2 Å². The molecule has 1 aromatic heterocycles. The second-order valence-corrected chi connectivity index (χ2v) is 5.33. The number of aliphatic imine (C=N–C) groups is 1. The fraction of sp³-hybridized carbons (Fsp3) is 0.500. The number of nitrogens with zero attached hydrogens (tertiary/aromatic N) is 2. The van der Waals surface area contributed by atoms with Crippen LogP contribution in [0.1, 0.15) is 40.3 Å². The maximum absolute atomic E-state index is 11.8. The normalized spacial score (nSPS) is 12.1. The van der Waals surface area contributed by atoms with Crippen molar-refractivity contribution < 1.29 is 9.53 Å². The molecule has 124 valence electrons. The highest BCUT2D eigenvalue weighted by atomic mass is 127. The second kappa shape index (κ2) is 10.5. The van der Waals surface area contributed by atoms with Crippen molar-refractivity contribution in [3.8, 4) is 0 Å². The van der Waals surface area contributed by atoms with Gasteiger partial charge in [-0.3, -0.25) is 4.99 Å². The third-order valence-electron chi connectivity index (χ3n) is 2.64. The van der Waals surface area contributed by atoms with Crippen LogP contribution in [0.2, 0.25) is 0 Å². The Morgan fingerprint density at radius 2 is 2.27 bits per heavy atom. The van der Waals surface area contributed by atoms with Gasteiger partial charge in [-0.15, -0.1) is 41.9 Å². The number of aryl methyl sites for hydroxylation is 1. The summed E-state index contributed by atoms with van der Waals surface area (Å²) < 4.78 is 5.02. The summed E-state index contributed by atoms with van der Waals surface area (Å²) in [7, 11) is 1.70. The molecule has 1 aromatic rings. The molecule has 0 aliphatic carbocycles. The summed E-state index contributed by atoms with van der Waals surface area (Å²) in [4.78, 5) is 20.9. The standard InChI is InChI=1S/C14H22N4O2S.HI/c1-6-8-16-14(15-5)18-10(4)12-17-9(3)11(21-12)13(19)20-7-2;/h6,10H,1,7-8H2,2-5H3,(H2,15,16,18);1H. The molecule has 0 aliphatic heterocycles. The van der Waals surface area contributed by atoms with E-state index in [-0.39, 0.29) is 36.0 Å². The van der Waals surface area contributed by atoms with Gasteiger partial charge < -0.3 is 15.4 Å². The van der Waals surface area contributed by atoms with Crippen molar-refractivity contribution in [2.24, 2.45) is 4.99 Å². The Hall–Kier alpha value is -1.16. The van der Waals surface area contributed by atoms with Gasteiger partial charge in [0.25, 0.3) is 0 Å². The zero-order valence-corrected chi connectivity index (χ0v) is 16.5. The number of nitrogens with one attached hydrogen (secondary N) is 2. The van der Waals surface area contributed by atoms with Crippen LogP contribution in [-0.2, 0) is 4.74 Å².